The average molecular weight is 481 g/mol. The van der Waals surface area contributed by atoms with E-state index < -0.39 is 0 Å². The largest absolute Gasteiger partial charge is 0.382 e. The lowest BCUT2D eigenvalue weighted by molar-refractivity contribution is 0.788. The number of rotatable bonds is 5. The zero-order chi connectivity index (χ0) is 24.1. The minimum absolute atomic E-state index is 0.322. The van der Waals surface area contributed by atoms with Gasteiger partial charge in [0.15, 0.2) is 11.5 Å². The van der Waals surface area contributed by atoms with Crippen LogP contribution in [0.4, 0.5) is 5.69 Å². The molecule has 0 amide bonds. The first-order valence-electron chi connectivity index (χ1n) is 11.4. The molecule has 2 N–H and O–H groups in total. The highest BCUT2D eigenvalue weighted by Gasteiger charge is 2.19. The van der Waals surface area contributed by atoms with Crippen LogP contribution in [-0.2, 0) is 7.05 Å². The van der Waals surface area contributed by atoms with Crippen LogP contribution in [0.1, 0.15) is 18.7 Å². The molecule has 6 aromatic heterocycles. The maximum absolute atomic E-state index is 4.94. The lowest BCUT2D eigenvalue weighted by Crippen LogP contribution is -2.09. The second-order valence-corrected chi connectivity index (χ2v) is 10.2. The predicted molar refractivity (Wildman–Crippen MR) is 141 cm³/mol. The number of aromatic nitrogens is 7. The smallest absolute Gasteiger partial charge is 0.159 e. The van der Waals surface area contributed by atoms with Gasteiger partial charge in [-0.15, -0.1) is 11.3 Å². The SMILES string of the molecule is Cc1ccc(-c2nccc3[nH]c(-c4nn(C)c5ncc(-c6cncc(NC(C)C)c6)cc45)nc23)s1. The van der Waals surface area contributed by atoms with Crippen molar-refractivity contribution >= 4 is 39.1 Å². The molecule has 0 aliphatic heterocycles. The molecule has 35 heavy (non-hydrogen) atoms. The molecule has 0 aliphatic rings. The van der Waals surface area contributed by atoms with Gasteiger partial charge >= 0.3 is 0 Å². The maximum atomic E-state index is 4.94. The summed E-state index contributed by atoms with van der Waals surface area (Å²) in [5, 5.41) is 9.10. The molecule has 0 unspecified atom stereocenters. The topological polar surface area (TPSA) is 97.2 Å². The number of anilines is 1. The summed E-state index contributed by atoms with van der Waals surface area (Å²) < 4.78 is 1.79. The second kappa shape index (κ2) is 8.28. The van der Waals surface area contributed by atoms with Gasteiger partial charge in [0.1, 0.15) is 16.9 Å². The summed E-state index contributed by atoms with van der Waals surface area (Å²) in [5.74, 6) is 0.695. The van der Waals surface area contributed by atoms with E-state index in [1.807, 2.05) is 37.9 Å². The maximum Gasteiger partial charge on any atom is 0.159 e. The van der Waals surface area contributed by atoms with Crippen LogP contribution in [0.25, 0.3) is 55.3 Å². The Morgan fingerprint density at radius 3 is 2.66 bits per heavy atom. The van der Waals surface area contributed by atoms with E-state index >= 15 is 0 Å². The molecular formula is C26H24N8S. The number of imidazole rings is 1. The summed E-state index contributed by atoms with van der Waals surface area (Å²) in [6.07, 6.45) is 7.37. The average Bonchev–Trinajstić information content (AvgIpc) is 3.55. The van der Waals surface area contributed by atoms with Crippen molar-refractivity contribution in [1.29, 1.82) is 0 Å². The van der Waals surface area contributed by atoms with Crippen LogP contribution >= 0.6 is 11.3 Å². The van der Waals surface area contributed by atoms with Crippen molar-refractivity contribution in [2.24, 2.45) is 7.05 Å². The van der Waals surface area contributed by atoms with E-state index in [4.69, 9.17) is 15.1 Å². The third kappa shape index (κ3) is 3.83. The molecule has 0 saturated carbocycles. The standard InChI is InChI=1S/C26H24N8S/c1-14(2)30-18-9-16(11-27-13-18)17-10-19-22(33-34(4)26(19)29-12-17)25-31-20-7-8-28-24(23(20)32-25)21-6-5-15(3)35-21/h5-14,30H,1-4H3,(H,31,32). The highest BCUT2D eigenvalue weighted by molar-refractivity contribution is 7.15. The second-order valence-electron chi connectivity index (χ2n) is 8.88. The molecule has 6 aromatic rings. The molecule has 0 aliphatic carbocycles. The van der Waals surface area contributed by atoms with Gasteiger partial charge in [0, 0.05) is 53.9 Å². The molecule has 0 bridgehead atoms. The van der Waals surface area contributed by atoms with E-state index in [0.29, 0.717) is 11.9 Å². The Kier molecular flexibility index (Phi) is 5.07. The molecular weight excluding hydrogens is 456 g/mol. The fourth-order valence-corrected chi connectivity index (χ4v) is 5.14. The lowest BCUT2D eigenvalue weighted by Gasteiger charge is -2.10. The van der Waals surface area contributed by atoms with Gasteiger partial charge in [0.05, 0.1) is 21.5 Å². The van der Waals surface area contributed by atoms with Gasteiger partial charge in [0.2, 0.25) is 0 Å². The predicted octanol–water partition coefficient (Wildman–Crippen LogP) is 5.83. The van der Waals surface area contributed by atoms with Gasteiger partial charge in [-0.1, -0.05) is 0 Å². The molecule has 0 aromatic carbocycles. The first-order valence-corrected chi connectivity index (χ1v) is 12.2. The van der Waals surface area contributed by atoms with Gasteiger partial charge in [-0.3, -0.25) is 9.97 Å². The lowest BCUT2D eigenvalue weighted by atomic mass is 10.1. The number of thiophene rings is 1. The summed E-state index contributed by atoms with van der Waals surface area (Å²) in [6.45, 7) is 6.31. The van der Waals surface area contributed by atoms with Crippen molar-refractivity contribution in [2.45, 2.75) is 26.8 Å². The number of H-pyrrole nitrogens is 1. The fraction of sp³-hybridized carbons (Fsp3) is 0.192. The molecule has 9 heteroatoms. The summed E-state index contributed by atoms with van der Waals surface area (Å²) in [4.78, 5) is 24.5. The third-order valence-electron chi connectivity index (χ3n) is 5.80. The number of hydrogen-bond acceptors (Lipinski definition) is 7. The van der Waals surface area contributed by atoms with Gasteiger partial charge in [-0.2, -0.15) is 5.10 Å². The molecule has 174 valence electrons. The molecule has 0 fully saturated rings. The van der Waals surface area contributed by atoms with Crippen molar-refractivity contribution < 1.29 is 0 Å². The van der Waals surface area contributed by atoms with Gasteiger partial charge in [0.25, 0.3) is 0 Å². The fourth-order valence-electron chi connectivity index (χ4n) is 4.27. The van der Waals surface area contributed by atoms with Gasteiger partial charge < -0.3 is 10.3 Å². The monoisotopic (exact) mass is 480 g/mol. The van der Waals surface area contributed by atoms with Crippen LogP contribution in [0.2, 0.25) is 0 Å². The van der Waals surface area contributed by atoms with Crippen LogP contribution in [0.15, 0.2) is 55.1 Å². The normalized spacial score (nSPS) is 11.7. The van der Waals surface area contributed by atoms with E-state index in [1.165, 1.54) is 4.88 Å². The Morgan fingerprint density at radius 1 is 1.00 bits per heavy atom. The summed E-state index contributed by atoms with van der Waals surface area (Å²) >= 11 is 1.71. The van der Waals surface area contributed by atoms with E-state index in [9.17, 15) is 0 Å². The summed E-state index contributed by atoms with van der Waals surface area (Å²) in [6, 6.07) is 10.7. The van der Waals surface area contributed by atoms with Crippen molar-refractivity contribution in [3.8, 4) is 33.2 Å². The number of pyridine rings is 3. The number of aromatic amines is 1. The molecule has 0 spiro atoms. The van der Waals surface area contributed by atoms with E-state index in [0.717, 1.165) is 55.1 Å². The third-order valence-corrected chi connectivity index (χ3v) is 6.81. The molecule has 0 saturated heterocycles. The van der Waals surface area contributed by atoms with Crippen molar-refractivity contribution in [3.05, 3.63) is 60.0 Å². The van der Waals surface area contributed by atoms with Crippen LogP contribution in [-0.4, -0.2) is 40.7 Å². The van der Waals surface area contributed by atoms with Gasteiger partial charge in [-0.25, -0.2) is 14.6 Å². The number of nitrogens with zero attached hydrogens (tertiary/aromatic N) is 6. The Balaban J connectivity index is 1.48. The molecule has 0 radical (unpaired) electrons. The minimum atomic E-state index is 0.322. The zero-order valence-electron chi connectivity index (χ0n) is 19.9. The number of aryl methyl sites for hydroxylation is 2. The molecule has 8 nitrogen and oxygen atoms in total. The molecule has 0 atom stereocenters. The Morgan fingerprint density at radius 2 is 1.86 bits per heavy atom. The van der Waals surface area contributed by atoms with Gasteiger partial charge in [-0.05, 0) is 51.1 Å². The van der Waals surface area contributed by atoms with Crippen molar-refractivity contribution in [3.63, 3.8) is 0 Å². The first-order chi connectivity index (χ1) is 17.0. The highest BCUT2D eigenvalue weighted by atomic mass is 32.1. The van der Waals surface area contributed by atoms with Crippen LogP contribution in [0.3, 0.4) is 0 Å². The van der Waals surface area contributed by atoms with Crippen molar-refractivity contribution in [2.75, 3.05) is 5.32 Å². The number of fused-ring (bicyclic) bond motifs is 2. The van der Waals surface area contributed by atoms with E-state index in [-0.39, 0.29) is 0 Å². The first kappa shape index (κ1) is 21.4. The molecule has 6 rings (SSSR count). The quantitative estimate of drug-likeness (QED) is 0.322. The Bertz CT molecular complexity index is 1690. The molecule has 6 heterocycles. The van der Waals surface area contributed by atoms with Crippen molar-refractivity contribution in [1.82, 2.24) is 34.7 Å². The van der Waals surface area contributed by atoms with Crippen LogP contribution in [0.5, 0.6) is 0 Å². The number of hydrogen-bond donors (Lipinski definition) is 2. The Labute approximate surface area is 206 Å². The van der Waals surface area contributed by atoms with E-state index in [2.05, 4.69) is 65.3 Å². The minimum Gasteiger partial charge on any atom is -0.382 e. The summed E-state index contributed by atoms with van der Waals surface area (Å²) in [7, 11) is 1.90. The highest BCUT2D eigenvalue weighted by Crippen LogP contribution is 2.34. The summed E-state index contributed by atoms with van der Waals surface area (Å²) in [5.41, 5.74) is 7.13. The van der Waals surface area contributed by atoms with E-state index in [1.54, 1.807) is 16.0 Å². The van der Waals surface area contributed by atoms with Crippen LogP contribution in [0, 0.1) is 6.92 Å². The number of nitrogens with one attached hydrogen (secondary N) is 2. The van der Waals surface area contributed by atoms with Crippen LogP contribution < -0.4 is 5.32 Å². The zero-order valence-corrected chi connectivity index (χ0v) is 20.7. The Hall–Kier alpha value is -4.11.